The van der Waals surface area contributed by atoms with Gasteiger partial charge in [0.15, 0.2) is 0 Å². The van der Waals surface area contributed by atoms with Crippen LogP contribution in [-0.4, -0.2) is 29.3 Å². The normalized spacial score (nSPS) is 23.5. The number of hydrogen-bond acceptors (Lipinski definition) is 3. The standard InChI is InChI=1S/C20H19NO4/c1-12-10-20(12,18(22)23)21-19(24)25-11-17-15-8-4-2-6-13(15)14-7-3-5-9-16(14)17/h2-9,12,17H,10-11H2,1H3,(H,21,24)(H,22,23)/t12-,20+/m1/s1. The number of alkyl carbamates (subject to hydrolysis) is 1. The third-order valence-corrected chi connectivity index (χ3v) is 5.36. The highest BCUT2D eigenvalue weighted by atomic mass is 16.5. The molecule has 2 atom stereocenters. The maximum Gasteiger partial charge on any atom is 0.408 e. The Morgan fingerprint density at radius 3 is 2.12 bits per heavy atom. The van der Waals surface area contributed by atoms with Crippen molar-refractivity contribution in [3.8, 4) is 11.1 Å². The van der Waals surface area contributed by atoms with Crippen molar-refractivity contribution in [3.63, 3.8) is 0 Å². The second-order valence-electron chi connectivity index (χ2n) is 6.83. The van der Waals surface area contributed by atoms with E-state index in [4.69, 9.17) is 4.74 Å². The molecule has 2 aliphatic rings. The highest BCUT2D eigenvalue weighted by Crippen LogP contribution is 2.45. The molecule has 2 aliphatic carbocycles. The van der Waals surface area contributed by atoms with Crippen molar-refractivity contribution in [1.29, 1.82) is 0 Å². The van der Waals surface area contributed by atoms with Gasteiger partial charge in [-0.05, 0) is 34.6 Å². The number of nitrogens with one attached hydrogen (secondary N) is 1. The number of benzene rings is 2. The maximum absolute atomic E-state index is 12.1. The first-order valence-electron chi connectivity index (χ1n) is 8.39. The van der Waals surface area contributed by atoms with Crippen molar-refractivity contribution in [2.45, 2.75) is 24.8 Å². The fourth-order valence-corrected chi connectivity index (χ4v) is 3.77. The van der Waals surface area contributed by atoms with Gasteiger partial charge >= 0.3 is 12.1 Å². The predicted molar refractivity (Wildman–Crippen MR) is 92.4 cm³/mol. The molecule has 5 heteroatoms. The van der Waals surface area contributed by atoms with Crippen molar-refractivity contribution in [3.05, 3.63) is 59.7 Å². The summed E-state index contributed by atoms with van der Waals surface area (Å²) in [6.07, 6.45) is -0.236. The van der Waals surface area contributed by atoms with Crippen LogP contribution in [0.2, 0.25) is 0 Å². The van der Waals surface area contributed by atoms with Crippen LogP contribution in [-0.2, 0) is 9.53 Å². The zero-order chi connectivity index (χ0) is 17.6. The van der Waals surface area contributed by atoms with Gasteiger partial charge in [0, 0.05) is 5.92 Å². The first kappa shape index (κ1) is 15.7. The second-order valence-corrected chi connectivity index (χ2v) is 6.83. The van der Waals surface area contributed by atoms with Gasteiger partial charge in [-0.1, -0.05) is 55.5 Å². The summed E-state index contributed by atoms with van der Waals surface area (Å²) in [5.41, 5.74) is 3.41. The number of hydrogen-bond donors (Lipinski definition) is 2. The van der Waals surface area contributed by atoms with Crippen molar-refractivity contribution in [1.82, 2.24) is 5.32 Å². The van der Waals surface area contributed by atoms with Crippen LogP contribution in [0.1, 0.15) is 30.4 Å². The topological polar surface area (TPSA) is 75.6 Å². The lowest BCUT2D eigenvalue weighted by atomic mass is 9.98. The highest BCUT2D eigenvalue weighted by Gasteiger charge is 2.59. The van der Waals surface area contributed by atoms with Crippen LogP contribution in [0.15, 0.2) is 48.5 Å². The van der Waals surface area contributed by atoms with Crippen LogP contribution in [0.4, 0.5) is 4.79 Å². The third kappa shape index (κ3) is 2.47. The van der Waals surface area contributed by atoms with Gasteiger partial charge in [-0.3, -0.25) is 0 Å². The smallest absolute Gasteiger partial charge is 0.408 e. The lowest BCUT2D eigenvalue weighted by Crippen LogP contribution is -2.45. The zero-order valence-electron chi connectivity index (χ0n) is 13.9. The number of carbonyl (C=O) groups is 2. The van der Waals surface area contributed by atoms with Gasteiger partial charge in [-0.25, -0.2) is 9.59 Å². The zero-order valence-corrected chi connectivity index (χ0v) is 13.9. The molecule has 0 radical (unpaired) electrons. The molecule has 128 valence electrons. The maximum atomic E-state index is 12.1. The molecular weight excluding hydrogens is 318 g/mol. The number of rotatable bonds is 4. The monoisotopic (exact) mass is 337 g/mol. The molecule has 0 heterocycles. The molecule has 1 saturated carbocycles. The van der Waals surface area contributed by atoms with E-state index in [0.717, 1.165) is 22.3 Å². The van der Waals surface area contributed by atoms with Crippen molar-refractivity contribution < 1.29 is 19.4 Å². The molecule has 0 aromatic heterocycles. The Hall–Kier alpha value is -2.82. The third-order valence-electron chi connectivity index (χ3n) is 5.36. The fraction of sp³-hybridized carbons (Fsp3) is 0.300. The molecule has 4 rings (SSSR count). The molecule has 2 aromatic carbocycles. The van der Waals surface area contributed by atoms with Crippen LogP contribution in [0.5, 0.6) is 0 Å². The van der Waals surface area contributed by atoms with Crippen LogP contribution in [0.3, 0.4) is 0 Å². The summed E-state index contributed by atoms with van der Waals surface area (Å²) in [6.45, 7) is 1.99. The first-order valence-corrected chi connectivity index (χ1v) is 8.39. The number of carboxylic acids is 1. The SMILES string of the molecule is C[C@@H]1C[C@@]1(NC(=O)OCC1c2ccccc2-c2ccccc21)C(=O)O. The molecule has 0 unspecified atom stereocenters. The van der Waals surface area contributed by atoms with Gasteiger partial charge in [0.05, 0.1) is 0 Å². The minimum absolute atomic E-state index is 0.0319. The minimum Gasteiger partial charge on any atom is -0.479 e. The number of amides is 1. The summed E-state index contributed by atoms with van der Waals surface area (Å²) in [5.74, 6) is -1.12. The Morgan fingerprint density at radius 2 is 1.64 bits per heavy atom. The average Bonchev–Trinajstić information content (AvgIpc) is 3.15. The molecule has 25 heavy (non-hydrogen) atoms. The van der Waals surface area contributed by atoms with Crippen molar-refractivity contribution in [2.75, 3.05) is 6.61 Å². The van der Waals surface area contributed by atoms with E-state index in [0.29, 0.717) is 6.42 Å². The van der Waals surface area contributed by atoms with E-state index in [1.165, 1.54) is 0 Å². The molecule has 5 nitrogen and oxygen atoms in total. The van der Waals surface area contributed by atoms with Gasteiger partial charge in [0.2, 0.25) is 0 Å². The van der Waals surface area contributed by atoms with Gasteiger partial charge in [0.25, 0.3) is 0 Å². The van der Waals surface area contributed by atoms with Crippen LogP contribution < -0.4 is 5.32 Å². The van der Waals surface area contributed by atoms with Gasteiger partial charge < -0.3 is 15.2 Å². The second kappa shape index (κ2) is 5.62. The molecule has 0 spiro atoms. The summed E-state index contributed by atoms with van der Waals surface area (Å²) in [6, 6.07) is 16.2. The highest BCUT2D eigenvalue weighted by molar-refractivity contribution is 5.88. The molecule has 0 bridgehead atoms. The summed E-state index contributed by atoms with van der Waals surface area (Å²) >= 11 is 0. The van der Waals surface area contributed by atoms with Crippen LogP contribution >= 0.6 is 0 Å². The summed E-state index contributed by atoms with van der Waals surface area (Å²) in [7, 11) is 0. The largest absolute Gasteiger partial charge is 0.479 e. The lowest BCUT2D eigenvalue weighted by molar-refractivity contribution is -0.141. The number of ether oxygens (including phenoxy) is 1. The Balaban J connectivity index is 1.50. The van der Waals surface area contributed by atoms with Gasteiger partial charge in [0.1, 0.15) is 12.1 Å². The van der Waals surface area contributed by atoms with Crippen LogP contribution in [0.25, 0.3) is 11.1 Å². The van der Waals surface area contributed by atoms with E-state index in [2.05, 4.69) is 17.4 Å². The van der Waals surface area contributed by atoms with E-state index in [1.807, 2.05) is 36.4 Å². The summed E-state index contributed by atoms with van der Waals surface area (Å²) in [4.78, 5) is 23.5. The molecule has 0 aliphatic heterocycles. The molecule has 0 saturated heterocycles. The first-order chi connectivity index (χ1) is 12.0. The fourth-order valence-electron chi connectivity index (χ4n) is 3.77. The quantitative estimate of drug-likeness (QED) is 0.897. The van der Waals surface area contributed by atoms with E-state index in [9.17, 15) is 14.7 Å². The number of carboxylic acid groups (broad SMARTS) is 1. The number of fused-ring (bicyclic) bond motifs is 3. The van der Waals surface area contributed by atoms with Gasteiger partial charge in [-0.15, -0.1) is 0 Å². The Kier molecular flexibility index (Phi) is 3.53. The number of carbonyl (C=O) groups excluding carboxylic acids is 1. The Morgan fingerprint density at radius 1 is 1.12 bits per heavy atom. The summed E-state index contributed by atoms with van der Waals surface area (Å²) in [5, 5.41) is 11.8. The molecule has 1 amide bonds. The molecule has 1 fully saturated rings. The minimum atomic E-state index is -1.16. The molecular formula is C20H19NO4. The van der Waals surface area contributed by atoms with E-state index in [-0.39, 0.29) is 18.4 Å². The summed E-state index contributed by atoms with van der Waals surface area (Å²) < 4.78 is 5.40. The van der Waals surface area contributed by atoms with Gasteiger partial charge in [-0.2, -0.15) is 0 Å². The average molecular weight is 337 g/mol. The molecule has 2 aromatic rings. The molecule has 2 N–H and O–H groups in total. The predicted octanol–water partition coefficient (Wildman–Crippen LogP) is 3.39. The Labute approximate surface area is 145 Å². The van der Waals surface area contributed by atoms with Crippen molar-refractivity contribution >= 4 is 12.1 Å². The number of aliphatic carboxylic acids is 1. The lowest BCUT2D eigenvalue weighted by Gasteiger charge is -2.17. The van der Waals surface area contributed by atoms with E-state index in [1.54, 1.807) is 6.92 Å². The van der Waals surface area contributed by atoms with E-state index < -0.39 is 17.6 Å². The van der Waals surface area contributed by atoms with Crippen LogP contribution in [0, 0.1) is 5.92 Å². The van der Waals surface area contributed by atoms with E-state index >= 15 is 0 Å². The van der Waals surface area contributed by atoms with Crippen molar-refractivity contribution in [2.24, 2.45) is 5.92 Å². The Bertz CT molecular complexity index is 817.